The molecule has 4 heteroatoms. The Bertz CT molecular complexity index is 566. The number of nitrogens with zero attached hydrogens (tertiary/aromatic N) is 1. The third-order valence-electron chi connectivity index (χ3n) is 2.63. The lowest BCUT2D eigenvalue weighted by Gasteiger charge is -2.09. The highest BCUT2D eigenvalue weighted by atomic mass is 16.4. The molecule has 1 heterocycles. The summed E-state index contributed by atoms with van der Waals surface area (Å²) in [4.78, 5) is 15.0. The lowest BCUT2D eigenvalue weighted by molar-refractivity contribution is -0.146. The Kier molecular flexibility index (Phi) is 3.06. The van der Waals surface area contributed by atoms with E-state index in [1.807, 2.05) is 37.3 Å². The number of carboxylic acids is 1. The molecule has 0 aliphatic rings. The number of aliphatic hydroxyl groups is 1. The number of benzene rings is 1. The van der Waals surface area contributed by atoms with E-state index in [1.165, 1.54) is 0 Å². The van der Waals surface area contributed by atoms with Gasteiger partial charge in [-0.05, 0) is 24.6 Å². The summed E-state index contributed by atoms with van der Waals surface area (Å²) in [5, 5.41) is 19.0. The Morgan fingerprint density at radius 1 is 1.41 bits per heavy atom. The fourth-order valence-electron chi connectivity index (χ4n) is 1.86. The van der Waals surface area contributed by atoms with Crippen molar-refractivity contribution in [2.45, 2.75) is 19.4 Å². The molecule has 1 aromatic carbocycles. The number of aliphatic carboxylic acids is 1. The summed E-state index contributed by atoms with van der Waals surface area (Å²) in [7, 11) is 0. The van der Waals surface area contributed by atoms with Gasteiger partial charge >= 0.3 is 5.97 Å². The predicted octanol–water partition coefficient (Wildman–Crippen LogP) is 1.53. The topological polar surface area (TPSA) is 70.4 Å². The second-order valence-electron chi connectivity index (χ2n) is 4.00. The van der Waals surface area contributed by atoms with Gasteiger partial charge in [-0.25, -0.2) is 4.79 Å². The Morgan fingerprint density at radius 2 is 2.12 bits per heavy atom. The van der Waals surface area contributed by atoms with Crippen LogP contribution in [0.5, 0.6) is 0 Å². The van der Waals surface area contributed by atoms with Gasteiger partial charge < -0.3 is 10.2 Å². The van der Waals surface area contributed by atoms with Crippen LogP contribution in [0.25, 0.3) is 10.9 Å². The minimum atomic E-state index is -1.37. The van der Waals surface area contributed by atoms with Gasteiger partial charge in [0.2, 0.25) is 0 Å². The molecule has 0 bridgehead atoms. The highest BCUT2D eigenvalue weighted by molar-refractivity contribution is 5.83. The Balaban J connectivity index is 2.49. The van der Waals surface area contributed by atoms with E-state index >= 15 is 0 Å². The number of aliphatic hydroxyl groups excluding tert-OH is 1. The van der Waals surface area contributed by atoms with E-state index in [0.29, 0.717) is 0 Å². The maximum atomic E-state index is 10.7. The van der Waals surface area contributed by atoms with Gasteiger partial charge in [-0.1, -0.05) is 18.2 Å². The summed E-state index contributed by atoms with van der Waals surface area (Å²) in [5.74, 6) is -1.21. The normalized spacial score (nSPS) is 12.6. The molecular weight excluding hydrogens is 218 g/mol. The summed E-state index contributed by atoms with van der Waals surface area (Å²) < 4.78 is 0. The molecule has 2 N–H and O–H groups in total. The van der Waals surface area contributed by atoms with E-state index in [0.717, 1.165) is 22.2 Å². The zero-order valence-electron chi connectivity index (χ0n) is 9.42. The molecule has 0 fully saturated rings. The summed E-state index contributed by atoms with van der Waals surface area (Å²) in [6.07, 6.45) is -1.28. The van der Waals surface area contributed by atoms with Crippen LogP contribution in [-0.2, 0) is 11.2 Å². The van der Waals surface area contributed by atoms with Crippen molar-refractivity contribution in [3.8, 4) is 0 Å². The zero-order chi connectivity index (χ0) is 12.4. The fraction of sp³-hybridized carbons (Fsp3) is 0.231. The molecular formula is C13H13NO3. The number of rotatable bonds is 3. The van der Waals surface area contributed by atoms with Gasteiger partial charge in [0.25, 0.3) is 0 Å². The Morgan fingerprint density at radius 3 is 2.82 bits per heavy atom. The van der Waals surface area contributed by atoms with Crippen LogP contribution in [0.15, 0.2) is 30.3 Å². The molecule has 2 aromatic rings. The maximum Gasteiger partial charge on any atom is 0.332 e. The number of carbonyl (C=O) groups is 1. The number of carboxylic acid groups (broad SMARTS) is 1. The first-order valence-corrected chi connectivity index (χ1v) is 5.34. The molecule has 0 aliphatic carbocycles. The number of aryl methyl sites for hydroxylation is 1. The molecule has 88 valence electrons. The van der Waals surface area contributed by atoms with Gasteiger partial charge in [0.1, 0.15) is 0 Å². The van der Waals surface area contributed by atoms with E-state index in [2.05, 4.69) is 4.98 Å². The van der Waals surface area contributed by atoms with Crippen molar-refractivity contribution in [1.29, 1.82) is 0 Å². The molecule has 1 aromatic heterocycles. The molecule has 0 saturated carbocycles. The van der Waals surface area contributed by atoms with Crippen LogP contribution >= 0.6 is 0 Å². The van der Waals surface area contributed by atoms with Crippen molar-refractivity contribution in [1.82, 2.24) is 4.98 Å². The van der Waals surface area contributed by atoms with Gasteiger partial charge in [0.05, 0.1) is 5.52 Å². The van der Waals surface area contributed by atoms with Crippen molar-refractivity contribution in [3.63, 3.8) is 0 Å². The average molecular weight is 231 g/mol. The molecule has 0 aliphatic heterocycles. The quantitative estimate of drug-likeness (QED) is 0.840. The Hall–Kier alpha value is -1.94. The largest absolute Gasteiger partial charge is 0.479 e. The highest BCUT2D eigenvalue weighted by Gasteiger charge is 2.15. The number of pyridine rings is 1. The van der Waals surface area contributed by atoms with Crippen LogP contribution in [0.1, 0.15) is 11.3 Å². The number of hydrogen-bond acceptors (Lipinski definition) is 3. The lowest BCUT2D eigenvalue weighted by Crippen LogP contribution is -2.22. The standard InChI is InChI=1S/C13H13NO3/c1-8-6-9(7-12(15)13(16)17)10-4-2-3-5-11(10)14-8/h2-6,12,15H,7H2,1H3,(H,16,17). The van der Waals surface area contributed by atoms with Crippen LogP contribution in [0.3, 0.4) is 0 Å². The highest BCUT2D eigenvalue weighted by Crippen LogP contribution is 2.19. The summed E-state index contributed by atoms with van der Waals surface area (Å²) in [6, 6.07) is 9.32. The number of fused-ring (bicyclic) bond motifs is 1. The van der Waals surface area contributed by atoms with Gasteiger partial charge in [-0.15, -0.1) is 0 Å². The minimum Gasteiger partial charge on any atom is -0.479 e. The van der Waals surface area contributed by atoms with Crippen molar-refractivity contribution in [3.05, 3.63) is 41.6 Å². The first-order valence-electron chi connectivity index (χ1n) is 5.34. The Labute approximate surface area is 98.5 Å². The third-order valence-corrected chi connectivity index (χ3v) is 2.63. The van der Waals surface area contributed by atoms with Crippen LogP contribution in [0.4, 0.5) is 0 Å². The fourth-order valence-corrected chi connectivity index (χ4v) is 1.86. The van der Waals surface area contributed by atoms with E-state index in [4.69, 9.17) is 5.11 Å². The van der Waals surface area contributed by atoms with Crippen molar-refractivity contribution < 1.29 is 15.0 Å². The average Bonchev–Trinajstić information content (AvgIpc) is 2.28. The summed E-state index contributed by atoms with van der Waals surface area (Å²) in [5.41, 5.74) is 2.44. The van der Waals surface area contributed by atoms with Crippen LogP contribution in [0, 0.1) is 6.92 Å². The number of para-hydroxylation sites is 1. The van der Waals surface area contributed by atoms with E-state index < -0.39 is 12.1 Å². The molecule has 17 heavy (non-hydrogen) atoms. The monoisotopic (exact) mass is 231 g/mol. The summed E-state index contributed by atoms with van der Waals surface area (Å²) in [6.45, 7) is 1.85. The maximum absolute atomic E-state index is 10.7. The van der Waals surface area contributed by atoms with Gasteiger partial charge in [0.15, 0.2) is 6.10 Å². The smallest absolute Gasteiger partial charge is 0.332 e. The summed E-state index contributed by atoms with van der Waals surface area (Å²) >= 11 is 0. The van der Waals surface area contributed by atoms with Crippen LogP contribution in [-0.4, -0.2) is 27.3 Å². The molecule has 2 rings (SSSR count). The first-order chi connectivity index (χ1) is 8.08. The van der Waals surface area contributed by atoms with Gasteiger partial charge in [-0.2, -0.15) is 0 Å². The van der Waals surface area contributed by atoms with E-state index in [-0.39, 0.29) is 6.42 Å². The number of aromatic nitrogens is 1. The second-order valence-corrected chi connectivity index (χ2v) is 4.00. The second kappa shape index (κ2) is 4.51. The van der Waals surface area contributed by atoms with Crippen molar-refractivity contribution in [2.75, 3.05) is 0 Å². The lowest BCUT2D eigenvalue weighted by atomic mass is 10.0. The first kappa shape index (κ1) is 11.5. The predicted molar refractivity (Wildman–Crippen MR) is 63.8 cm³/mol. The van der Waals surface area contributed by atoms with Crippen LogP contribution < -0.4 is 0 Å². The van der Waals surface area contributed by atoms with E-state index in [1.54, 1.807) is 0 Å². The molecule has 0 spiro atoms. The zero-order valence-corrected chi connectivity index (χ0v) is 9.42. The van der Waals surface area contributed by atoms with Crippen LogP contribution in [0.2, 0.25) is 0 Å². The number of hydrogen-bond donors (Lipinski definition) is 2. The molecule has 0 radical (unpaired) electrons. The van der Waals surface area contributed by atoms with Crippen molar-refractivity contribution in [2.24, 2.45) is 0 Å². The molecule has 1 unspecified atom stereocenters. The third kappa shape index (κ3) is 2.42. The van der Waals surface area contributed by atoms with Gasteiger partial charge in [0, 0.05) is 17.5 Å². The SMILES string of the molecule is Cc1cc(CC(O)C(=O)O)c2ccccc2n1. The molecule has 4 nitrogen and oxygen atoms in total. The molecule has 0 saturated heterocycles. The van der Waals surface area contributed by atoms with Gasteiger partial charge in [-0.3, -0.25) is 4.98 Å². The minimum absolute atomic E-state index is 0.0964. The van der Waals surface area contributed by atoms with Crippen molar-refractivity contribution >= 4 is 16.9 Å². The molecule has 0 amide bonds. The molecule has 1 atom stereocenters. The van der Waals surface area contributed by atoms with E-state index in [9.17, 15) is 9.90 Å².